The van der Waals surface area contributed by atoms with Gasteiger partial charge in [-0.3, -0.25) is 0 Å². The number of amidine groups is 2. The van der Waals surface area contributed by atoms with Crippen molar-refractivity contribution in [1.82, 2.24) is 8.96 Å². The maximum absolute atomic E-state index is 14.4. The molecular weight excluding hydrogens is 545 g/mol. The lowest BCUT2D eigenvalue weighted by atomic mass is 10.1. The highest BCUT2D eigenvalue weighted by Crippen LogP contribution is 2.42. The van der Waals surface area contributed by atoms with E-state index >= 15 is 0 Å². The van der Waals surface area contributed by atoms with Crippen molar-refractivity contribution in [2.24, 2.45) is 20.0 Å². The SMILES string of the molecule is Fc1cc2c(cc1F)/C1=N/c3c4cc(F)c(F)cc4c4n3B(Cl)n3c(c5cc(F)c(F)cc5c3=N4)=C=NC2=N1. The second kappa shape index (κ2) is 7.28. The third kappa shape index (κ3) is 2.80. The van der Waals surface area contributed by atoms with E-state index in [1.165, 1.54) is 8.96 Å². The zero-order valence-corrected chi connectivity index (χ0v) is 19.6. The van der Waals surface area contributed by atoms with E-state index in [4.69, 9.17) is 11.5 Å². The van der Waals surface area contributed by atoms with E-state index in [2.05, 4.69) is 25.8 Å². The van der Waals surface area contributed by atoms with Crippen molar-refractivity contribution in [3.8, 4) is 0 Å². The minimum atomic E-state index is -1.23. The van der Waals surface area contributed by atoms with E-state index in [1.807, 2.05) is 0 Å². The summed E-state index contributed by atoms with van der Waals surface area (Å²) in [6, 6.07) is 5.47. The van der Waals surface area contributed by atoms with Crippen molar-refractivity contribution < 1.29 is 26.3 Å². The van der Waals surface area contributed by atoms with Gasteiger partial charge >= 0.3 is 6.40 Å². The maximum Gasteiger partial charge on any atom is 0.499 e. The molecule has 39 heavy (non-hydrogen) atoms. The van der Waals surface area contributed by atoms with Gasteiger partial charge in [0.2, 0.25) is 0 Å². The largest absolute Gasteiger partial charge is 0.499 e. The molecule has 4 bridgehead atoms. The highest BCUT2D eigenvalue weighted by molar-refractivity contribution is 7.05. The van der Waals surface area contributed by atoms with Crippen LogP contribution in [-0.4, -0.2) is 32.9 Å². The molecule has 0 fully saturated rings. The third-order valence-corrected chi connectivity index (χ3v) is 7.29. The van der Waals surface area contributed by atoms with Crippen molar-refractivity contribution in [1.29, 1.82) is 0 Å². The molecule has 0 amide bonds. The number of halogens is 7. The highest BCUT2D eigenvalue weighted by Gasteiger charge is 2.35. The zero-order valence-electron chi connectivity index (χ0n) is 18.9. The Labute approximate surface area is 217 Å². The maximum atomic E-state index is 14.4. The van der Waals surface area contributed by atoms with Gasteiger partial charge in [-0.25, -0.2) is 41.3 Å². The first-order valence-electron chi connectivity index (χ1n) is 11.3. The standard InChI is InChI=1S/C25H6BClF6N6/c27-26-38-20-7-34-21-9-2-15(29)16(30)3-10(9)22(35-21)36-23-12-5-18(32)19(33)6-13(12)25(39(23)26)37-24(38)11-4-17(31)14(28)1-8(11)20/h1-6H/b36-22-. The summed E-state index contributed by atoms with van der Waals surface area (Å²) < 4.78 is 88.8. The first-order chi connectivity index (χ1) is 18.7. The molecule has 0 saturated carbocycles. The Morgan fingerprint density at radius 3 is 1.74 bits per heavy atom. The number of aliphatic imine (C=N–C) groups is 3. The number of hydrogen-bond acceptors (Lipinski definition) is 4. The van der Waals surface area contributed by atoms with Gasteiger partial charge < -0.3 is 8.96 Å². The molecule has 5 heterocycles. The summed E-state index contributed by atoms with van der Waals surface area (Å²) in [6.45, 7) is 0. The number of aromatic nitrogens is 2. The van der Waals surface area contributed by atoms with E-state index in [0.29, 0.717) is 0 Å². The van der Waals surface area contributed by atoms with Crippen molar-refractivity contribution in [3.63, 3.8) is 0 Å². The van der Waals surface area contributed by atoms with Gasteiger partial charge in [0.1, 0.15) is 22.5 Å². The van der Waals surface area contributed by atoms with Gasteiger partial charge in [0, 0.05) is 38.5 Å². The second-order valence-corrected chi connectivity index (χ2v) is 9.40. The van der Waals surface area contributed by atoms with Crippen LogP contribution >= 0.6 is 11.5 Å². The van der Waals surface area contributed by atoms with Crippen LogP contribution in [0, 0.1) is 34.9 Å². The average molecular weight is 551 g/mol. The summed E-state index contributed by atoms with van der Waals surface area (Å²) in [5.41, 5.74) is 0.246. The van der Waals surface area contributed by atoms with Gasteiger partial charge in [0.25, 0.3) is 0 Å². The number of hydrogen-bond donors (Lipinski definition) is 0. The predicted molar refractivity (Wildman–Crippen MR) is 132 cm³/mol. The molecule has 6 nitrogen and oxygen atoms in total. The summed E-state index contributed by atoms with van der Waals surface area (Å²) in [5.74, 6) is -4.41. The van der Waals surface area contributed by atoms with Crippen LogP contribution < -0.4 is 10.8 Å². The molecule has 0 aliphatic carbocycles. The van der Waals surface area contributed by atoms with E-state index in [-0.39, 0.29) is 66.8 Å². The molecule has 0 unspecified atom stereocenters. The zero-order chi connectivity index (χ0) is 26.9. The first-order valence-corrected chi connectivity index (χ1v) is 11.7. The molecule has 3 aromatic carbocycles. The predicted octanol–water partition coefficient (Wildman–Crippen LogP) is 4.51. The van der Waals surface area contributed by atoms with Crippen LogP contribution in [0.25, 0.3) is 21.5 Å². The van der Waals surface area contributed by atoms with Gasteiger partial charge in [-0.05, 0) is 36.4 Å². The van der Waals surface area contributed by atoms with Crippen LogP contribution in [0.4, 0.5) is 38.0 Å². The lowest BCUT2D eigenvalue weighted by molar-refractivity contribution is 0.508. The summed E-state index contributed by atoms with van der Waals surface area (Å²) in [7, 11) is 0. The molecular formula is C25H6BClF6N6. The molecule has 0 N–H and O–H groups in total. The second-order valence-electron chi connectivity index (χ2n) is 9.01. The number of nitrogens with zero attached hydrogens (tertiary/aromatic N) is 6. The van der Waals surface area contributed by atoms with E-state index in [1.54, 1.807) is 0 Å². The summed E-state index contributed by atoms with van der Waals surface area (Å²) in [5, 5.41) is 0.560. The highest BCUT2D eigenvalue weighted by atomic mass is 35.5. The van der Waals surface area contributed by atoms with Crippen LogP contribution in [-0.2, 0) is 0 Å². The quantitative estimate of drug-likeness (QED) is 0.201. The normalized spacial score (nSPS) is 16.0. The van der Waals surface area contributed by atoms with E-state index in [9.17, 15) is 26.3 Å². The fourth-order valence-corrected chi connectivity index (χ4v) is 5.54. The molecule has 5 aromatic rings. The Kier molecular flexibility index (Phi) is 4.18. The number of rotatable bonds is 0. The van der Waals surface area contributed by atoms with Crippen molar-refractivity contribution in [3.05, 3.63) is 93.3 Å². The van der Waals surface area contributed by atoms with Gasteiger partial charge in [-0.1, -0.05) is 0 Å². The molecule has 3 aliphatic rings. The molecule has 14 heteroatoms. The monoisotopic (exact) mass is 550 g/mol. The van der Waals surface area contributed by atoms with Gasteiger partial charge in [-0.15, -0.1) is 11.5 Å². The summed E-state index contributed by atoms with van der Waals surface area (Å²) >= 11 is 6.92. The van der Waals surface area contributed by atoms with E-state index in [0.717, 1.165) is 36.4 Å². The molecule has 0 atom stereocenters. The van der Waals surface area contributed by atoms with Crippen molar-refractivity contribution in [2.45, 2.75) is 0 Å². The van der Waals surface area contributed by atoms with Crippen LogP contribution in [0.15, 0.2) is 56.4 Å². The Bertz CT molecular complexity index is 2260. The number of benzene rings is 3. The molecule has 0 radical (unpaired) electrons. The lowest BCUT2D eigenvalue weighted by Gasteiger charge is -2.18. The fraction of sp³-hybridized carbons (Fsp3) is 0. The Morgan fingerprint density at radius 1 is 0.590 bits per heavy atom. The molecule has 188 valence electrons. The number of fused-ring (bicyclic) bond motifs is 10. The van der Waals surface area contributed by atoms with Crippen LogP contribution in [0.5, 0.6) is 0 Å². The van der Waals surface area contributed by atoms with Gasteiger partial charge in [0.05, 0.1) is 0 Å². The topological polar surface area (TPSA) is 59.3 Å². The molecule has 8 rings (SSSR count). The Morgan fingerprint density at radius 2 is 1.10 bits per heavy atom. The summed E-state index contributed by atoms with van der Waals surface area (Å²) in [4.78, 5) is 17.6. The Balaban J connectivity index is 1.65. The van der Waals surface area contributed by atoms with Crippen molar-refractivity contribution in [2.75, 3.05) is 0 Å². The van der Waals surface area contributed by atoms with Crippen LogP contribution in [0.1, 0.15) is 11.1 Å². The average Bonchev–Trinajstić information content (AvgIpc) is 3.48. The van der Waals surface area contributed by atoms with Crippen LogP contribution in [0.2, 0.25) is 0 Å². The molecule has 2 aromatic heterocycles. The van der Waals surface area contributed by atoms with Crippen LogP contribution in [0.3, 0.4) is 0 Å². The first kappa shape index (κ1) is 22.4. The minimum Gasteiger partial charge on any atom is -0.327 e. The Hall–Kier alpha value is -4.61. The third-order valence-electron chi connectivity index (χ3n) is 6.90. The lowest BCUT2D eigenvalue weighted by Crippen LogP contribution is -2.44. The minimum absolute atomic E-state index is 0.0213. The molecule has 0 saturated heterocycles. The van der Waals surface area contributed by atoms with Crippen molar-refractivity contribution >= 4 is 68.6 Å². The summed E-state index contributed by atoms with van der Waals surface area (Å²) in [6.07, 6.45) is -1.23. The van der Waals surface area contributed by atoms with E-state index < -0.39 is 41.3 Å². The fourth-order valence-electron chi connectivity index (χ4n) is 5.17. The van der Waals surface area contributed by atoms with Gasteiger partial charge in [0.15, 0.2) is 46.6 Å². The molecule has 3 aliphatic heterocycles. The smallest absolute Gasteiger partial charge is 0.327 e. The molecule has 0 spiro atoms. The van der Waals surface area contributed by atoms with Gasteiger partial charge in [-0.2, -0.15) is 4.99 Å².